The predicted molar refractivity (Wildman–Crippen MR) is 93.2 cm³/mol. The third kappa shape index (κ3) is 3.44. The van der Waals surface area contributed by atoms with Gasteiger partial charge in [-0.15, -0.1) is 0 Å². The van der Waals surface area contributed by atoms with E-state index < -0.39 is 17.7 Å². The molecule has 1 N–H and O–H groups in total. The van der Waals surface area contributed by atoms with Gasteiger partial charge >= 0.3 is 6.18 Å². The fourth-order valence-corrected chi connectivity index (χ4v) is 2.84. The fraction of sp³-hybridized carbons (Fsp3) is 0.278. The number of Topliss-reactive ketones (excluding diaryl/α,β-unsaturated/α-hetero) is 1. The van der Waals surface area contributed by atoms with Gasteiger partial charge in [0.15, 0.2) is 11.5 Å². The number of aryl methyl sites for hydroxylation is 1. The van der Waals surface area contributed by atoms with E-state index in [2.05, 4.69) is 10.1 Å². The van der Waals surface area contributed by atoms with Crippen LogP contribution in [0.4, 0.5) is 19.0 Å². The summed E-state index contributed by atoms with van der Waals surface area (Å²) in [6.07, 6.45) is -2.06. The highest BCUT2D eigenvalue weighted by molar-refractivity contribution is 6.04. The Morgan fingerprint density at radius 2 is 1.96 bits per heavy atom. The molecule has 27 heavy (non-hydrogen) atoms. The lowest BCUT2D eigenvalue weighted by Gasteiger charge is -2.15. The van der Waals surface area contributed by atoms with E-state index in [1.807, 2.05) is 0 Å². The van der Waals surface area contributed by atoms with Crippen molar-refractivity contribution in [1.82, 2.24) is 14.6 Å². The number of nitrogens with zero attached hydrogens (tertiary/aromatic N) is 4. The van der Waals surface area contributed by atoms with Crippen molar-refractivity contribution in [3.63, 3.8) is 0 Å². The largest absolute Gasteiger partial charge is 0.506 e. The number of anilines is 1. The van der Waals surface area contributed by atoms with E-state index in [0.717, 1.165) is 10.6 Å². The summed E-state index contributed by atoms with van der Waals surface area (Å²) in [6, 6.07) is 3.87. The molecule has 0 saturated heterocycles. The lowest BCUT2D eigenvalue weighted by Crippen LogP contribution is -2.16. The number of ketones is 1. The number of carbonyl (C=O) groups excluding carboxylic acids is 1. The average molecular weight is 378 g/mol. The van der Waals surface area contributed by atoms with Crippen LogP contribution in [-0.4, -0.2) is 39.6 Å². The molecule has 0 aliphatic carbocycles. The van der Waals surface area contributed by atoms with E-state index in [9.17, 15) is 23.1 Å². The van der Waals surface area contributed by atoms with Crippen molar-refractivity contribution >= 4 is 17.1 Å². The first kappa shape index (κ1) is 18.7. The molecule has 6 nitrogen and oxygen atoms in total. The number of carbonyl (C=O) groups is 1. The molecule has 0 radical (unpaired) electrons. The smallest absolute Gasteiger partial charge is 0.435 e. The first-order valence-corrected chi connectivity index (χ1v) is 8.02. The second-order valence-electron chi connectivity index (χ2n) is 6.38. The summed E-state index contributed by atoms with van der Waals surface area (Å²) in [6.45, 7) is 1.70. The number of pyridine rings is 2. The van der Waals surface area contributed by atoms with Crippen molar-refractivity contribution in [2.75, 3.05) is 19.0 Å². The van der Waals surface area contributed by atoms with Gasteiger partial charge in [-0.25, -0.2) is 4.52 Å². The molecule has 3 rings (SSSR count). The lowest BCUT2D eigenvalue weighted by molar-refractivity contribution is -0.141. The lowest BCUT2D eigenvalue weighted by atomic mass is 10.00. The van der Waals surface area contributed by atoms with Crippen LogP contribution in [0.25, 0.3) is 5.52 Å². The number of hydrogen-bond donors (Lipinski definition) is 1. The van der Waals surface area contributed by atoms with Gasteiger partial charge in [0, 0.05) is 37.8 Å². The molecule has 0 aromatic carbocycles. The molecule has 0 unspecified atom stereocenters. The van der Waals surface area contributed by atoms with Crippen LogP contribution in [0.15, 0.2) is 30.6 Å². The summed E-state index contributed by atoms with van der Waals surface area (Å²) in [4.78, 5) is 18.2. The van der Waals surface area contributed by atoms with Gasteiger partial charge in [0.25, 0.3) is 0 Å². The molecule has 3 heterocycles. The van der Waals surface area contributed by atoms with Gasteiger partial charge in [0.05, 0.1) is 11.7 Å². The molecular weight excluding hydrogens is 361 g/mol. The molecule has 0 bridgehead atoms. The molecule has 0 atom stereocenters. The predicted octanol–water partition coefficient (Wildman–Crippen LogP) is 3.25. The quantitative estimate of drug-likeness (QED) is 0.706. The first-order chi connectivity index (χ1) is 12.6. The Labute approximate surface area is 152 Å². The van der Waals surface area contributed by atoms with Crippen LogP contribution in [0.1, 0.15) is 27.2 Å². The van der Waals surface area contributed by atoms with Gasteiger partial charge in [-0.2, -0.15) is 18.3 Å². The zero-order valence-corrected chi connectivity index (χ0v) is 14.9. The Hall–Kier alpha value is -3.10. The van der Waals surface area contributed by atoms with Crippen LogP contribution in [-0.2, 0) is 12.6 Å². The molecule has 0 aliphatic rings. The monoisotopic (exact) mass is 378 g/mol. The number of aromatic hydroxyl groups is 1. The Morgan fingerprint density at radius 1 is 1.26 bits per heavy atom. The molecule has 0 fully saturated rings. The second kappa shape index (κ2) is 6.57. The molecule has 3 aromatic heterocycles. The summed E-state index contributed by atoms with van der Waals surface area (Å²) < 4.78 is 40.5. The van der Waals surface area contributed by atoms with Crippen molar-refractivity contribution in [1.29, 1.82) is 0 Å². The van der Waals surface area contributed by atoms with Crippen molar-refractivity contribution in [2.45, 2.75) is 19.5 Å². The zero-order valence-electron chi connectivity index (χ0n) is 14.9. The summed E-state index contributed by atoms with van der Waals surface area (Å²) in [5.41, 5.74) is 0.0897. The summed E-state index contributed by atoms with van der Waals surface area (Å²) in [7, 11) is 3.34. The highest BCUT2D eigenvalue weighted by Gasteiger charge is 2.35. The topological polar surface area (TPSA) is 70.7 Å². The Bertz CT molecular complexity index is 1010. The third-order valence-corrected chi connectivity index (χ3v) is 4.24. The maximum absolute atomic E-state index is 13.1. The van der Waals surface area contributed by atoms with Gasteiger partial charge in [0.2, 0.25) is 0 Å². The zero-order chi connectivity index (χ0) is 19.9. The van der Waals surface area contributed by atoms with Crippen molar-refractivity contribution in [2.24, 2.45) is 0 Å². The maximum Gasteiger partial charge on any atom is 0.435 e. The third-order valence-electron chi connectivity index (χ3n) is 4.24. The van der Waals surface area contributed by atoms with E-state index in [4.69, 9.17) is 0 Å². The van der Waals surface area contributed by atoms with Gasteiger partial charge < -0.3 is 10.0 Å². The van der Waals surface area contributed by atoms with E-state index in [-0.39, 0.29) is 23.3 Å². The van der Waals surface area contributed by atoms with Crippen LogP contribution in [0.3, 0.4) is 0 Å². The minimum atomic E-state index is -4.63. The molecule has 0 amide bonds. The highest BCUT2D eigenvalue weighted by atomic mass is 19.4. The van der Waals surface area contributed by atoms with Crippen LogP contribution >= 0.6 is 0 Å². The summed E-state index contributed by atoms with van der Waals surface area (Å²) >= 11 is 0. The molecule has 0 aliphatic heterocycles. The molecule has 0 saturated carbocycles. The van der Waals surface area contributed by atoms with Gasteiger partial charge in [-0.05, 0) is 30.7 Å². The van der Waals surface area contributed by atoms with Gasteiger partial charge in [-0.1, -0.05) is 0 Å². The number of fused-ring (bicyclic) bond motifs is 1. The molecule has 0 spiro atoms. The minimum Gasteiger partial charge on any atom is -0.506 e. The van der Waals surface area contributed by atoms with E-state index >= 15 is 0 Å². The number of aromatic nitrogens is 3. The average Bonchev–Trinajstić information content (AvgIpc) is 3.02. The Morgan fingerprint density at radius 3 is 2.56 bits per heavy atom. The second-order valence-corrected chi connectivity index (χ2v) is 6.38. The number of hydrogen-bond acceptors (Lipinski definition) is 5. The number of alkyl halides is 3. The maximum atomic E-state index is 13.1. The summed E-state index contributed by atoms with van der Waals surface area (Å²) in [5, 5.41) is 13.6. The SMILES string of the molecule is Cc1cncc(O)c1CC(=O)c1ccc(N(C)C)n2nc(C(F)(F)F)cc12. The van der Waals surface area contributed by atoms with E-state index in [1.165, 1.54) is 24.5 Å². The van der Waals surface area contributed by atoms with Crippen LogP contribution in [0.5, 0.6) is 5.75 Å². The van der Waals surface area contributed by atoms with Gasteiger partial charge in [-0.3, -0.25) is 9.78 Å². The highest BCUT2D eigenvalue weighted by Crippen LogP contribution is 2.32. The van der Waals surface area contributed by atoms with E-state index in [0.29, 0.717) is 16.9 Å². The van der Waals surface area contributed by atoms with Crippen molar-refractivity contribution < 1.29 is 23.1 Å². The summed E-state index contributed by atoms with van der Waals surface area (Å²) in [5.74, 6) is -0.155. The first-order valence-electron chi connectivity index (χ1n) is 8.02. The standard InChI is InChI=1S/C18H17F3N4O2/c1-10-8-22-9-15(27)12(10)6-14(26)11-4-5-17(24(2)3)25-13(11)7-16(23-25)18(19,20)21/h4-5,7-9,27H,6H2,1-3H3. The van der Waals surface area contributed by atoms with Crippen LogP contribution in [0, 0.1) is 6.92 Å². The molecule has 3 aromatic rings. The van der Waals surface area contributed by atoms with E-state index in [1.54, 1.807) is 25.9 Å². The Balaban J connectivity index is 2.12. The fourth-order valence-electron chi connectivity index (χ4n) is 2.84. The van der Waals surface area contributed by atoms with Crippen LogP contribution < -0.4 is 4.90 Å². The van der Waals surface area contributed by atoms with Crippen molar-refractivity contribution in [3.05, 3.63) is 53.0 Å². The minimum absolute atomic E-state index is 0.0599. The molecular formula is C18H17F3N4O2. The van der Waals surface area contributed by atoms with Crippen molar-refractivity contribution in [3.8, 4) is 5.75 Å². The Kier molecular flexibility index (Phi) is 4.54. The number of rotatable bonds is 4. The molecule has 142 valence electrons. The van der Waals surface area contributed by atoms with Crippen LogP contribution in [0.2, 0.25) is 0 Å². The number of halogens is 3. The molecule has 9 heteroatoms. The van der Waals surface area contributed by atoms with Gasteiger partial charge in [0.1, 0.15) is 11.6 Å². The normalized spacial score (nSPS) is 11.8.